The molecule has 0 rings (SSSR count). The minimum absolute atomic E-state index is 0.147. The Labute approximate surface area is 243 Å². The Balaban J connectivity index is 3.14. The lowest BCUT2D eigenvalue weighted by Gasteiger charge is -2.09. The van der Waals surface area contributed by atoms with Crippen molar-refractivity contribution in [2.45, 2.75) is 90.9 Å². The average Bonchev–Trinajstić information content (AvgIpc) is 2.95. The number of unbranched alkanes of at least 4 members (excludes halogenated alkanes) is 8. The van der Waals surface area contributed by atoms with E-state index in [1.807, 2.05) is 0 Å². The third kappa shape index (κ3) is 32.9. The zero-order valence-electron chi connectivity index (χ0n) is 25.5. The van der Waals surface area contributed by atoms with Crippen LogP contribution < -0.4 is 0 Å². The minimum atomic E-state index is -0.147. The van der Waals surface area contributed by atoms with E-state index in [2.05, 4.69) is 13.8 Å². The second kappa shape index (κ2) is 33.9. The molecule has 40 heavy (non-hydrogen) atoms. The van der Waals surface area contributed by atoms with E-state index in [4.69, 9.17) is 37.9 Å². The van der Waals surface area contributed by atoms with Crippen LogP contribution in [0.2, 0.25) is 0 Å². The molecule has 0 heterocycles. The largest absolute Gasteiger partial charge is 0.463 e. The molecule has 0 fully saturated rings. The van der Waals surface area contributed by atoms with Crippen LogP contribution >= 0.6 is 0 Å². The van der Waals surface area contributed by atoms with Crippen molar-refractivity contribution < 1.29 is 47.5 Å². The van der Waals surface area contributed by atoms with Gasteiger partial charge >= 0.3 is 11.9 Å². The lowest BCUT2D eigenvalue weighted by Crippen LogP contribution is -2.15. The summed E-state index contributed by atoms with van der Waals surface area (Å²) in [6, 6.07) is 0. The first-order chi connectivity index (χ1) is 19.7. The molecule has 0 aromatic carbocycles. The summed E-state index contributed by atoms with van der Waals surface area (Å²) in [5, 5.41) is 0. The van der Waals surface area contributed by atoms with Gasteiger partial charge in [-0.15, -0.1) is 0 Å². The topological polar surface area (TPSA) is 108 Å². The molecule has 0 aliphatic rings. The second-order valence-electron chi connectivity index (χ2n) is 9.44. The fourth-order valence-corrected chi connectivity index (χ4v) is 3.52. The number of esters is 2. The quantitative estimate of drug-likeness (QED) is 0.0789. The maximum Gasteiger partial charge on any atom is 0.305 e. The zero-order chi connectivity index (χ0) is 29.2. The van der Waals surface area contributed by atoms with Gasteiger partial charge in [0.25, 0.3) is 0 Å². The Morgan fingerprint density at radius 3 is 0.875 bits per heavy atom. The maximum atomic E-state index is 11.6. The first kappa shape index (κ1) is 38.7. The summed E-state index contributed by atoms with van der Waals surface area (Å²) in [4.78, 5) is 23.2. The van der Waals surface area contributed by atoms with Gasteiger partial charge in [0, 0.05) is 12.8 Å². The molecule has 0 atom stereocenters. The van der Waals surface area contributed by atoms with Crippen molar-refractivity contribution in [2.75, 3.05) is 92.5 Å². The first-order valence-electron chi connectivity index (χ1n) is 15.5. The maximum absolute atomic E-state index is 11.6. The van der Waals surface area contributed by atoms with Gasteiger partial charge in [-0.05, 0) is 12.8 Å². The molecule has 10 heteroatoms. The summed E-state index contributed by atoms with van der Waals surface area (Å²) in [6.45, 7) is 10.4. The van der Waals surface area contributed by atoms with Crippen LogP contribution in [0.25, 0.3) is 0 Å². The highest BCUT2D eigenvalue weighted by Gasteiger charge is 2.03. The van der Waals surface area contributed by atoms with Gasteiger partial charge in [-0.1, -0.05) is 65.2 Å². The molecule has 0 N–H and O–H groups in total. The predicted molar refractivity (Wildman–Crippen MR) is 154 cm³/mol. The lowest BCUT2D eigenvalue weighted by molar-refractivity contribution is -0.146. The van der Waals surface area contributed by atoms with Crippen LogP contribution in [0.1, 0.15) is 90.9 Å². The summed E-state index contributed by atoms with van der Waals surface area (Å²) in [7, 11) is 0. The lowest BCUT2D eigenvalue weighted by atomic mass is 10.1. The Morgan fingerprint density at radius 2 is 0.600 bits per heavy atom. The van der Waals surface area contributed by atoms with E-state index in [1.165, 1.54) is 38.5 Å². The monoisotopic (exact) mass is 578 g/mol. The molecule has 0 radical (unpaired) electrons. The highest BCUT2D eigenvalue weighted by atomic mass is 16.6. The Morgan fingerprint density at radius 1 is 0.350 bits per heavy atom. The molecule has 238 valence electrons. The summed E-state index contributed by atoms with van der Waals surface area (Å²) < 4.78 is 42.9. The van der Waals surface area contributed by atoms with Crippen LogP contribution in [-0.4, -0.2) is 104 Å². The summed E-state index contributed by atoms with van der Waals surface area (Å²) >= 11 is 0. The van der Waals surface area contributed by atoms with Crippen molar-refractivity contribution in [1.29, 1.82) is 0 Å². The third-order valence-corrected chi connectivity index (χ3v) is 5.81. The molecule has 0 saturated carbocycles. The van der Waals surface area contributed by atoms with Crippen LogP contribution in [0.4, 0.5) is 0 Å². The number of hydrogen-bond acceptors (Lipinski definition) is 10. The van der Waals surface area contributed by atoms with Gasteiger partial charge in [0.1, 0.15) is 13.2 Å². The van der Waals surface area contributed by atoms with Gasteiger partial charge in [-0.25, -0.2) is 0 Å². The summed E-state index contributed by atoms with van der Waals surface area (Å²) in [6.07, 6.45) is 12.2. The van der Waals surface area contributed by atoms with Crippen LogP contribution in [0.3, 0.4) is 0 Å². The smallest absolute Gasteiger partial charge is 0.305 e. The highest BCUT2D eigenvalue weighted by Crippen LogP contribution is 2.06. The van der Waals surface area contributed by atoms with E-state index in [0.29, 0.717) is 92.1 Å². The molecule has 0 aromatic heterocycles. The van der Waals surface area contributed by atoms with E-state index < -0.39 is 0 Å². The van der Waals surface area contributed by atoms with Crippen molar-refractivity contribution >= 4 is 11.9 Å². The highest BCUT2D eigenvalue weighted by molar-refractivity contribution is 5.69. The first-order valence-corrected chi connectivity index (χ1v) is 15.5. The number of ether oxygens (including phenoxy) is 8. The standard InChI is InChI=1S/C30H58O10/c1-3-5-7-9-11-13-29(31)39-27-25-37-23-21-35-19-17-33-15-16-34-18-20-36-22-24-38-26-28-40-30(32)14-12-10-8-6-4-2/h3-28H2,1-2H3. The molecular formula is C30H58O10. The number of carbonyl (C=O) groups excluding carboxylic acids is 2. The fraction of sp³-hybridized carbons (Fsp3) is 0.933. The SMILES string of the molecule is CCCCCCCC(=O)OCCOCCOCCOCCOCCOCCOCCOC(=O)CCCCCCC. The van der Waals surface area contributed by atoms with Crippen molar-refractivity contribution in [3.05, 3.63) is 0 Å². The van der Waals surface area contributed by atoms with Crippen LogP contribution in [-0.2, 0) is 47.5 Å². The normalized spacial score (nSPS) is 11.2. The van der Waals surface area contributed by atoms with E-state index in [1.54, 1.807) is 0 Å². The van der Waals surface area contributed by atoms with Crippen molar-refractivity contribution in [2.24, 2.45) is 0 Å². The van der Waals surface area contributed by atoms with Crippen LogP contribution in [0.15, 0.2) is 0 Å². The Hall–Kier alpha value is -1.30. The molecule has 0 saturated heterocycles. The predicted octanol–water partition coefficient (Wildman–Crippen LogP) is 4.89. The van der Waals surface area contributed by atoms with E-state index in [-0.39, 0.29) is 25.2 Å². The number of carbonyl (C=O) groups is 2. The molecule has 0 aliphatic heterocycles. The molecule has 0 aliphatic carbocycles. The van der Waals surface area contributed by atoms with Gasteiger partial charge < -0.3 is 37.9 Å². The third-order valence-electron chi connectivity index (χ3n) is 5.81. The molecule has 0 unspecified atom stereocenters. The Kier molecular flexibility index (Phi) is 32.8. The van der Waals surface area contributed by atoms with E-state index in [9.17, 15) is 9.59 Å². The fourth-order valence-electron chi connectivity index (χ4n) is 3.52. The Bertz CT molecular complexity index is 487. The van der Waals surface area contributed by atoms with Gasteiger partial charge in [0.05, 0.1) is 79.3 Å². The molecule has 0 amide bonds. The summed E-state index contributed by atoms with van der Waals surface area (Å²) in [5.74, 6) is -0.295. The number of hydrogen-bond donors (Lipinski definition) is 0. The minimum Gasteiger partial charge on any atom is -0.463 e. The molecular weight excluding hydrogens is 520 g/mol. The van der Waals surface area contributed by atoms with Gasteiger partial charge in [0.2, 0.25) is 0 Å². The van der Waals surface area contributed by atoms with Gasteiger partial charge in [0.15, 0.2) is 0 Å². The molecule has 0 aromatic rings. The summed E-state index contributed by atoms with van der Waals surface area (Å²) in [5.41, 5.74) is 0. The van der Waals surface area contributed by atoms with Crippen molar-refractivity contribution in [3.63, 3.8) is 0 Å². The average molecular weight is 579 g/mol. The van der Waals surface area contributed by atoms with E-state index >= 15 is 0 Å². The second-order valence-corrected chi connectivity index (χ2v) is 9.44. The van der Waals surface area contributed by atoms with Gasteiger partial charge in [-0.3, -0.25) is 9.59 Å². The van der Waals surface area contributed by atoms with Crippen molar-refractivity contribution in [1.82, 2.24) is 0 Å². The zero-order valence-corrected chi connectivity index (χ0v) is 25.5. The van der Waals surface area contributed by atoms with Crippen LogP contribution in [0, 0.1) is 0 Å². The van der Waals surface area contributed by atoms with Gasteiger partial charge in [-0.2, -0.15) is 0 Å². The van der Waals surface area contributed by atoms with Crippen LogP contribution in [0.5, 0.6) is 0 Å². The van der Waals surface area contributed by atoms with E-state index in [0.717, 1.165) is 25.7 Å². The van der Waals surface area contributed by atoms with Crippen molar-refractivity contribution in [3.8, 4) is 0 Å². The molecule has 0 spiro atoms. The number of rotatable bonds is 33. The molecule has 10 nitrogen and oxygen atoms in total. The molecule has 0 bridgehead atoms.